The molecule has 0 saturated carbocycles. The number of methoxy groups -OCH3 is 2. The van der Waals surface area contributed by atoms with E-state index in [0.717, 1.165) is 16.8 Å². The largest absolute Gasteiger partial charge is 0.496 e. The molecule has 26 heavy (non-hydrogen) atoms. The lowest BCUT2D eigenvalue weighted by molar-refractivity contribution is -0.00903. The van der Waals surface area contributed by atoms with Crippen LogP contribution in [0.3, 0.4) is 0 Å². The Bertz CT molecular complexity index is 793. The van der Waals surface area contributed by atoms with Gasteiger partial charge >= 0.3 is 0 Å². The molecule has 0 saturated heterocycles. The van der Waals surface area contributed by atoms with Crippen molar-refractivity contribution < 1.29 is 19.0 Å². The number of nitrogens with one attached hydrogen (secondary N) is 1. The van der Waals surface area contributed by atoms with Crippen LogP contribution in [0.1, 0.15) is 47.3 Å². The summed E-state index contributed by atoms with van der Waals surface area (Å²) >= 11 is 0. The molecule has 3 rings (SSSR count). The average molecular weight is 359 g/mol. The van der Waals surface area contributed by atoms with Crippen LogP contribution < -0.4 is 14.8 Å². The van der Waals surface area contributed by atoms with Gasteiger partial charge in [-0.25, -0.2) is 0 Å². The molecule has 1 aliphatic heterocycles. The van der Waals surface area contributed by atoms with E-state index in [1.807, 2.05) is 39.1 Å². The van der Waals surface area contributed by atoms with E-state index in [1.54, 1.807) is 18.9 Å². The Morgan fingerprint density at radius 3 is 2.58 bits per heavy atom. The van der Waals surface area contributed by atoms with Crippen LogP contribution in [0, 0.1) is 0 Å². The maximum atomic E-state index is 12.8. The molecule has 1 aromatic carbocycles. The Labute approximate surface area is 153 Å². The van der Waals surface area contributed by atoms with Crippen molar-refractivity contribution in [3.8, 4) is 11.5 Å². The molecule has 0 spiro atoms. The van der Waals surface area contributed by atoms with Crippen molar-refractivity contribution in [3.63, 3.8) is 0 Å². The molecule has 2 aromatic rings. The standard InChI is InChI=1S/C19H25N3O4/c1-11-9-13-17(21-22(3)18(13)12(2)26-11)19(23)20-10-14-15(24-4)7-6-8-16(14)25-5/h6-8,11-12H,9-10H2,1-5H3,(H,20,23)/t11-,12+/m0/s1. The highest BCUT2D eigenvalue weighted by Gasteiger charge is 2.31. The van der Waals surface area contributed by atoms with Gasteiger partial charge in [0.05, 0.1) is 44.2 Å². The Balaban J connectivity index is 1.84. The first-order valence-corrected chi connectivity index (χ1v) is 8.65. The van der Waals surface area contributed by atoms with Gasteiger partial charge in [-0.15, -0.1) is 0 Å². The molecule has 1 aromatic heterocycles. The van der Waals surface area contributed by atoms with Crippen LogP contribution in [0.25, 0.3) is 0 Å². The van der Waals surface area contributed by atoms with Crippen LogP contribution in [0.2, 0.25) is 0 Å². The third-order valence-electron chi connectivity index (χ3n) is 4.68. The minimum absolute atomic E-state index is 0.0579. The number of amides is 1. The fourth-order valence-corrected chi connectivity index (χ4v) is 3.58. The molecular formula is C19H25N3O4. The number of carbonyl (C=O) groups is 1. The molecule has 140 valence electrons. The van der Waals surface area contributed by atoms with Crippen LogP contribution in [0.5, 0.6) is 11.5 Å². The van der Waals surface area contributed by atoms with Gasteiger partial charge in [-0.05, 0) is 26.0 Å². The van der Waals surface area contributed by atoms with Crippen LogP contribution in [0.4, 0.5) is 0 Å². The smallest absolute Gasteiger partial charge is 0.272 e. The summed E-state index contributed by atoms with van der Waals surface area (Å²) in [6, 6.07) is 5.53. The summed E-state index contributed by atoms with van der Waals surface area (Å²) in [5.41, 5.74) is 3.17. The van der Waals surface area contributed by atoms with Gasteiger partial charge in [-0.2, -0.15) is 5.10 Å². The minimum atomic E-state index is -0.212. The molecule has 7 heteroatoms. The predicted molar refractivity (Wildman–Crippen MR) is 96.6 cm³/mol. The number of fused-ring (bicyclic) bond motifs is 1. The summed E-state index contributed by atoms with van der Waals surface area (Å²) in [7, 11) is 5.03. The molecular weight excluding hydrogens is 334 g/mol. The molecule has 2 atom stereocenters. The lowest BCUT2D eigenvalue weighted by atomic mass is 9.99. The highest BCUT2D eigenvalue weighted by Crippen LogP contribution is 2.32. The van der Waals surface area contributed by atoms with E-state index in [-0.39, 0.29) is 18.1 Å². The number of hydrogen-bond donors (Lipinski definition) is 1. The summed E-state index contributed by atoms with van der Waals surface area (Å²) < 4.78 is 18.4. The molecule has 7 nitrogen and oxygen atoms in total. The van der Waals surface area contributed by atoms with Crippen molar-refractivity contribution in [2.24, 2.45) is 7.05 Å². The predicted octanol–water partition coefficient (Wildman–Crippen LogP) is 2.39. The van der Waals surface area contributed by atoms with Crippen LogP contribution in [-0.4, -0.2) is 36.0 Å². The second kappa shape index (κ2) is 7.37. The fourth-order valence-electron chi connectivity index (χ4n) is 3.58. The van der Waals surface area contributed by atoms with Gasteiger partial charge in [0, 0.05) is 19.0 Å². The molecule has 1 aliphatic rings. The van der Waals surface area contributed by atoms with Gasteiger partial charge in [-0.1, -0.05) is 6.07 Å². The quantitative estimate of drug-likeness (QED) is 0.887. The molecule has 0 fully saturated rings. The summed E-state index contributed by atoms with van der Waals surface area (Å²) in [4.78, 5) is 12.8. The molecule has 0 radical (unpaired) electrons. The second-order valence-corrected chi connectivity index (χ2v) is 6.45. The summed E-state index contributed by atoms with van der Waals surface area (Å²) in [6.45, 7) is 4.28. The Morgan fingerprint density at radius 1 is 1.31 bits per heavy atom. The summed E-state index contributed by atoms with van der Waals surface area (Å²) in [5, 5.41) is 7.38. The van der Waals surface area contributed by atoms with Crippen LogP contribution in [0.15, 0.2) is 18.2 Å². The molecule has 0 bridgehead atoms. The normalized spacial score (nSPS) is 19.0. The monoisotopic (exact) mass is 359 g/mol. The number of carbonyl (C=O) groups excluding carboxylic acids is 1. The van der Waals surface area contributed by atoms with E-state index in [1.165, 1.54) is 0 Å². The van der Waals surface area contributed by atoms with Gasteiger partial charge in [-0.3, -0.25) is 9.48 Å². The van der Waals surface area contributed by atoms with Gasteiger partial charge < -0.3 is 19.5 Å². The first kappa shape index (κ1) is 18.3. The number of aryl methyl sites for hydroxylation is 1. The average Bonchev–Trinajstić information content (AvgIpc) is 2.95. The lowest BCUT2D eigenvalue weighted by Gasteiger charge is -2.26. The first-order chi connectivity index (χ1) is 12.5. The third-order valence-corrected chi connectivity index (χ3v) is 4.68. The van der Waals surface area contributed by atoms with Crippen molar-refractivity contribution in [3.05, 3.63) is 40.7 Å². The molecule has 0 aliphatic carbocycles. The van der Waals surface area contributed by atoms with Crippen LogP contribution >= 0.6 is 0 Å². The number of benzene rings is 1. The van der Waals surface area contributed by atoms with E-state index in [0.29, 0.717) is 30.2 Å². The van der Waals surface area contributed by atoms with Crippen LogP contribution in [-0.2, 0) is 24.8 Å². The topological polar surface area (TPSA) is 74.6 Å². The van der Waals surface area contributed by atoms with Crippen molar-refractivity contribution in [2.45, 2.75) is 39.0 Å². The Morgan fingerprint density at radius 2 is 1.96 bits per heavy atom. The highest BCUT2D eigenvalue weighted by atomic mass is 16.5. The number of rotatable bonds is 5. The van der Waals surface area contributed by atoms with Crippen molar-refractivity contribution >= 4 is 5.91 Å². The Kier molecular flexibility index (Phi) is 5.18. The van der Waals surface area contributed by atoms with E-state index in [9.17, 15) is 4.79 Å². The van der Waals surface area contributed by atoms with E-state index < -0.39 is 0 Å². The third kappa shape index (κ3) is 3.26. The second-order valence-electron chi connectivity index (χ2n) is 6.45. The molecule has 0 unspecified atom stereocenters. The molecule has 2 heterocycles. The zero-order valence-corrected chi connectivity index (χ0v) is 15.8. The van der Waals surface area contributed by atoms with Gasteiger partial charge in [0.25, 0.3) is 5.91 Å². The molecule has 1 N–H and O–H groups in total. The Hall–Kier alpha value is -2.54. The first-order valence-electron chi connectivity index (χ1n) is 8.65. The number of hydrogen-bond acceptors (Lipinski definition) is 5. The van der Waals surface area contributed by atoms with Crippen molar-refractivity contribution in [1.29, 1.82) is 0 Å². The van der Waals surface area contributed by atoms with Gasteiger partial charge in [0.15, 0.2) is 5.69 Å². The fraction of sp³-hybridized carbons (Fsp3) is 0.474. The zero-order valence-electron chi connectivity index (χ0n) is 15.8. The van der Waals surface area contributed by atoms with E-state index in [4.69, 9.17) is 14.2 Å². The lowest BCUT2D eigenvalue weighted by Crippen LogP contribution is -2.27. The maximum absolute atomic E-state index is 12.8. The number of ether oxygens (including phenoxy) is 3. The summed E-state index contributed by atoms with van der Waals surface area (Å²) in [5.74, 6) is 1.13. The number of nitrogens with zero attached hydrogens (tertiary/aromatic N) is 2. The zero-order chi connectivity index (χ0) is 18.8. The highest BCUT2D eigenvalue weighted by molar-refractivity contribution is 5.94. The molecule has 1 amide bonds. The van der Waals surface area contributed by atoms with E-state index in [2.05, 4.69) is 10.4 Å². The maximum Gasteiger partial charge on any atom is 0.272 e. The number of aromatic nitrogens is 2. The van der Waals surface area contributed by atoms with Gasteiger partial charge in [0.1, 0.15) is 11.5 Å². The van der Waals surface area contributed by atoms with Crippen molar-refractivity contribution in [2.75, 3.05) is 14.2 Å². The SMILES string of the molecule is COc1cccc(OC)c1CNC(=O)c1nn(C)c2c1C[C@H](C)O[C@@H]2C. The minimum Gasteiger partial charge on any atom is -0.496 e. The summed E-state index contributed by atoms with van der Waals surface area (Å²) in [6.07, 6.45) is 0.651. The van der Waals surface area contributed by atoms with Gasteiger partial charge in [0.2, 0.25) is 0 Å². The van der Waals surface area contributed by atoms with E-state index >= 15 is 0 Å². The van der Waals surface area contributed by atoms with Crippen molar-refractivity contribution in [1.82, 2.24) is 15.1 Å².